The van der Waals surface area contributed by atoms with Gasteiger partial charge in [0.25, 0.3) is 0 Å². The summed E-state index contributed by atoms with van der Waals surface area (Å²) < 4.78 is 27.4. The minimum atomic E-state index is -3.14. The Balaban J connectivity index is 1.78. The van der Waals surface area contributed by atoms with E-state index in [9.17, 15) is 8.42 Å². The molecule has 1 saturated heterocycles. The summed E-state index contributed by atoms with van der Waals surface area (Å²) in [6, 6.07) is 0.138. The number of sulfonamides is 1. The molecule has 1 saturated carbocycles. The number of hydrogen-bond donors (Lipinski definition) is 2. The van der Waals surface area contributed by atoms with Gasteiger partial charge in [0.2, 0.25) is 10.0 Å². The van der Waals surface area contributed by atoms with Gasteiger partial charge in [0.05, 0.1) is 5.75 Å². The minimum absolute atomic E-state index is 0.138. The first-order valence-electron chi connectivity index (χ1n) is 7.89. The Bertz CT molecular complexity index is 393. The van der Waals surface area contributed by atoms with E-state index in [1.165, 1.54) is 0 Å². The molecule has 118 valence electrons. The maximum absolute atomic E-state index is 12.2. The molecule has 1 aliphatic carbocycles. The smallest absolute Gasteiger partial charge is 0.213 e. The molecule has 0 aromatic carbocycles. The second kappa shape index (κ2) is 7.20. The Morgan fingerprint density at radius 2 is 1.90 bits per heavy atom. The number of nitrogens with zero attached hydrogens (tertiary/aromatic N) is 1. The zero-order valence-corrected chi connectivity index (χ0v) is 13.6. The molecular weight excluding hydrogens is 274 g/mol. The molecule has 2 rings (SSSR count). The van der Waals surface area contributed by atoms with Crippen LogP contribution in [0.3, 0.4) is 0 Å². The summed E-state index contributed by atoms with van der Waals surface area (Å²) in [6.07, 6.45) is 3.25. The van der Waals surface area contributed by atoms with Crippen molar-refractivity contribution < 1.29 is 8.42 Å². The molecule has 0 aromatic rings. The minimum Gasteiger partial charge on any atom is -0.314 e. The molecule has 6 heteroatoms. The van der Waals surface area contributed by atoms with Crippen LogP contribution < -0.4 is 10.0 Å². The zero-order valence-electron chi connectivity index (χ0n) is 12.8. The predicted octanol–water partition coefficient (Wildman–Crippen LogP) is 0.636. The molecule has 2 aliphatic rings. The standard InChI is InChI=1S/C14H29N3O2S/c1-12-3-4-14(13(2)11-12)16-20(18,19)10-9-17-7-5-15-6-8-17/h12-16H,3-11H2,1-2H3. The van der Waals surface area contributed by atoms with Crippen LogP contribution in [0.2, 0.25) is 0 Å². The fourth-order valence-corrected chi connectivity index (χ4v) is 4.74. The number of rotatable bonds is 5. The fourth-order valence-electron chi connectivity index (χ4n) is 3.31. The van der Waals surface area contributed by atoms with Crippen LogP contribution in [-0.4, -0.2) is 57.8 Å². The average molecular weight is 303 g/mol. The summed E-state index contributed by atoms with van der Waals surface area (Å²) in [5, 5.41) is 3.28. The molecule has 2 N–H and O–H groups in total. The van der Waals surface area contributed by atoms with E-state index in [1.807, 2.05) is 0 Å². The highest BCUT2D eigenvalue weighted by molar-refractivity contribution is 7.89. The monoisotopic (exact) mass is 303 g/mol. The van der Waals surface area contributed by atoms with Crippen LogP contribution in [0.1, 0.15) is 33.1 Å². The largest absolute Gasteiger partial charge is 0.314 e. The second-order valence-electron chi connectivity index (χ2n) is 6.53. The van der Waals surface area contributed by atoms with E-state index in [2.05, 4.69) is 28.8 Å². The summed E-state index contributed by atoms with van der Waals surface area (Å²) in [5.74, 6) is 1.41. The van der Waals surface area contributed by atoms with Crippen molar-refractivity contribution in [3.8, 4) is 0 Å². The van der Waals surface area contributed by atoms with Crippen molar-refractivity contribution in [1.29, 1.82) is 0 Å². The molecule has 0 amide bonds. The third-order valence-electron chi connectivity index (χ3n) is 4.65. The summed E-state index contributed by atoms with van der Waals surface area (Å²) in [6.45, 7) is 8.90. The quantitative estimate of drug-likeness (QED) is 0.782. The fraction of sp³-hybridized carbons (Fsp3) is 1.00. The molecular formula is C14H29N3O2S. The Morgan fingerprint density at radius 1 is 1.20 bits per heavy atom. The van der Waals surface area contributed by atoms with Crippen LogP contribution in [0.15, 0.2) is 0 Å². The zero-order chi connectivity index (χ0) is 14.6. The first-order chi connectivity index (χ1) is 9.46. The van der Waals surface area contributed by atoms with E-state index in [0.29, 0.717) is 12.5 Å². The lowest BCUT2D eigenvalue weighted by Gasteiger charge is -2.33. The van der Waals surface area contributed by atoms with E-state index >= 15 is 0 Å². The molecule has 2 fully saturated rings. The van der Waals surface area contributed by atoms with Crippen LogP contribution in [0.4, 0.5) is 0 Å². The van der Waals surface area contributed by atoms with Gasteiger partial charge in [0.15, 0.2) is 0 Å². The van der Waals surface area contributed by atoms with E-state index in [-0.39, 0.29) is 11.8 Å². The van der Waals surface area contributed by atoms with Crippen molar-refractivity contribution in [1.82, 2.24) is 14.9 Å². The Morgan fingerprint density at radius 3 is 2.55 bits per heavy atom. The summed E-state index contributed by atoms with van der Waals surface area (Å²) in [4.78, 5) is 2.22. The Labute approximate surface area is 123 Å². The molecule has 0 spiro atoms. The second-order valence-corrected chi connectivity index (χ2v) is 8.40. The summed E-state index contributed by atoms with van der Waals surface area (Å²) in [7, 11) is -3.14. The van der Waals surface area contributed by atoms with Gasteiger partial charge >= 0.3 is 0 Å². The van der Waals surface area contributed by atoms with Crippen molar-refractivity contribution in [2.75, 3.05) is 38.5 Å². The van der Waals surface area contributed by atoms with Crippen molar-refractivity contribution in [3.63, 3.8) is 0 Å². The highest BCUT2D eigenvalue weighted by Gasteiger charge is 2.28. The maximum atomic E-state index is 12.2. The van der Waals surface area contributed by atoms with Gasteiger partial charge in [-0.15, -0.1) is 0 Å². The van der Waals surface area contributed by atoms with Gasteiger partial charge in [-0.25, -0.2) is 13.1 Å². The Kier molecular flexibility index (Phi) is 5.84. The lowest BCUT2D eigenvalue weighted by atomic mass is 9.80. The van der Waals surface area contributed by atoms with Crippen LogP contribution in [0.5, 0.6) is 0 Å². The van der Waals surface area contributed by atoms with Gasteiger partial charge in [-0.2, -0.15) is 0 Å². The van der Waals surface area contributed by atoms with Crippen LogP contribution >= 0.6 is 0 Å². The van der Waals surface area contributed by atoms with Gasteiger partial charge in [-0.1, -0.05) is 13.8 Å². The highest BCUT2D eigenvalue weighted by Crippen LogP contribution is 2.28. The maximum Gasteiger partial charge on any atom is 0.213 e. The molecule has 5 nitrogen and oxygen atoms in total. The lowest BCUT2D eigenvalue weighted by molar-refractivity contribution is 0.245. The third-order valence-corrected chi connectivity index (χ3v) is 6.03. The molecule has 3 unspecified atom stereocenters. The molecule has 20 heavy (non-hydrogen) atoms. The van der Waals surface area contributed by atoms with E-state index in [1.54, 1.807) is 0 Å². The molecule has 0 radical (unpaired) electrons. The first kappa shape index (κ1) is 16.2. The average Bonchev–Trinajstić information content (AvgIpc) is 2.41. The topological polar surface area (TPSA) is 61.4 Å². The summed E-state index contributed by atoms with van der Waals surface area (Å²) in [5.41, 5.74) is 0. The van der Waals surface area contributed by atoms with Crippen LogP contribution in [0, 0.1) is 11.8 Å². The van der Waals surface area contributed by atoms with Gasteiger partial charge in [-0.05, 0) is 31.1 Å². The molecule has 0 aromatic heterocycles. The van der Waals surface area contributed by atoms with Crippen molar-refractivity contribution in [2.24, 2.45) is 11.8 Å². The molecule has 3 atom stereocenters. The van der Waals surface area contributed by atoms with E-state index < -0.39 is 10.0 Å². The van der Waals surface area contributed by atoms with E-state index in [4.69, 9.17) is 0 Å². The predicted molar refractivity (Wildman–Crippen MR) is 82.2 cm³/mol. The normalized spacial score (nSPS) is 33.2. The highest BCUT2D eigenvalue weighted by atomic mass is 32.2. The van der Waals surface area contributed by atoms with Crippen molar-refractivity contribution in [3.05, 3.63) is 0 Å². The third kappa shape index (κ3) is 4.98. The van der Waals surface area contributed by atoms with Crippen LogP contribution in [-0.2, 0) is 10.0 Å². The van der Waals surface area contributed by atoms with Gasteiger partial charge < -0.3 is 5.32 Å². The van der Waals surface area contributed by atoms with E-state index in [0.717, 1.165) is 51.4 Å². The Hall–Kier alpha value is -0.170. The van der Waals surface area contributed by atoms with Crippen LogP contribution in [0.25, 0.3) is 0 Å². The number of hydrogen-bond acceptors (Lipinski definition) is 4. The molecule has 0 bridgehead atoms. The molecule has 1 aliphatic heterocycles. The lowest BCUT2D eigenvalue weighted by Crippen LogP contribution is -2.48. The van der Waals surface area contributed by atoms with Gasteiger partial charge in [0, 0.05) is 38.8 Å². The van der Waals surface area contributed by atoms with Gasteiger partial charge in [0.1, 0.15) is 0 Å². The van der Waals surface area contributed by atoms with Crippen molar-refractivity contribution in [2.45, 2.75) is 39.2 Å². The summed E-state index contributed by atoms with van der Waals surface area (Å²) >= 11 is 0. The van der Waals surface area contributed by atoms with Crippen molar-refractivity contribution >= 4 is 10.0 Å². The number of nitrogens with one attached hydrogen (secondary N) is 2. The SMILES string of the molecule is CC1CCC(NS(=O)(=O)CCN2CCNCC2)C(C)C1. The first-order valence-corrected chi connectivity index (χ1v) is 9.54. The molecule has 1 heterocycles. The van der Waals surface area contributed by atoms with Gasteiger partial charge in [-0.3, -0.25) is 4.90 Å². The number of piperazine rings is 1.